The minimum atomic E-state index is -0.211. The van der Waals surface area contributed by atoms with Crippen molar-refractivity contribution in [3.8, 4) is 5.75 Å². The lowest BCUT2D eigenvalue weighted by molar-refractivity contribution is 0.0937. The van der Waals surface area contributed by atoms with Crippen LogP contribution in [-0.2, 0) is 6.54 Å². The normalized spacial score (nSPS) is 11.9. The quantitative estimate of drug-likeness (QED) is 0.349. The van der Waals surface area contributed by atoms with Crippen molar-refractivity contribution in [3.63, 3.8) is 0 Å². The fourth-order valence-electron chi connectivity index (χ4n) is 3.79. The molecule has 0 aliphatic carbocycles. The Balaban J connectivity index is 1.43. The Morgan fingerprint density at radius 1 is 0.969 bits per heavy atom. The van der Waals surface area contributed by atoms with Gasteiger partial charge in [-0.05, 0) is 63.1 Å². The number of para-hydroxylation sites is 3. The van der Waals surface area contributed by atoms with Gasteiger partial charge in [0.15, 0.2) is 0 Å². The first kappa shape index (κ1) is 21.6. The molecule has 0 aliphatic heterocycles. The van der Waals surface area contributed by atoms with Gasteiger partial charge in [-0.25, -0.2) is 4.98 Å². The third-order valence-corrected chi connectivity index (χ3v) is 5.52. The molecule has 0 fully saturated rings. The van der Waals surface area contributed by atoms with E-state index >= 15 is 0 Å². The van der Waals surface area contributed by atoms with Gasteiger partial charge in [-0.1, -0.05) is 48.0 Å². The van der Waals surface area contributed by atoms with Gasteiger partial charge in [0.05, 0.1) is 23.7 Å². The van der Waals surface area contributed by atoms with Crippen LogP contribution < -0.4 is 10.1 Å². The molecule has 1 amide bonds. The summed E-state index contributed by atoms with van der Waals surface area (Å²) in [6.07, 6.45) is 1.89. The molecule has 0 saturated carbocycles. The Morgan fingerprint density at radius 3 is 2.47 bits per heavy atom. The zero-order chi connectivity index (χ0) is 22.3. The van der Waals surface area contributed by atoms with Crippen LogP contribution in [0.25, 0.3) is 11.0 Å². The summed E-state index contributed by atoms with van der Waals surface area (Å²) in [4.78, 5) is 17.6. The molecule has 0 bridgehead atoms. The number of nitrogens with one attached hydrogen (secondary N) is 1. The first-order chi connectivity index (χ1) is 15.6. The maximum atomic E-state index is 12.7. The van der Waals surface area contributed by atoms with Crippen molar-refractivity contribution in [1.29, 1.82) is 0 Å². The van der Waals surface area contributed by atoms with Crippen molar-refractivity contribution in [2.24, 2.45) is 0 Å². The van der Waals surface area contributed by atoms with E-state index in [1.54, 1.807) is 0 Å². The van der Waals surface area contributed by atoms with Crippen LogP contribution in [0.1, 0.15) is 47.6 Å². The predicted molar refractivity (Wildman–Crippen MR) is 128 cm³/mol. The van der Waals surface area contributed by atoms with Gasteiger partial charge in [0.25, 0.3) is 5.91 Å². The van der Waals surface area contributed by atoms with E-state index in [2.05, 4.69) is 16.0 Å². The SMILES string of the molecule is Cc1ccc(C(=O)NC(C)c2nc3ccccc3n2CCCCOc2ccccc2)cc1. The third-order valence-electron chi connectivity index (χ3n) is 5.52. The smallest absolute Gasteiger partial charge is 0.251 e. The molecule has 4 aromatic rings. The highest BCUT2D eigenvalue weighted by molar-refractivity contribution is 5.94. The van der Waals surface area contributed by atoms with Crippen molar-refractivity contribution >= 4 is 16.9 Å². The van der Waals surface area contributed by atoms with Crippen molar-refractivity contribution in [1.82, 2.24) is 14.9 Å². The fourth-order valence-corrected chi connectivity index (χ4v) is 3.79. The van der Waals surface area contributed by atoms with Crippen molar-refractivity contribution in [2.75, 3.05) is 6.61 Å². The zero-order valence-electron chi connectivity index (χ0n) is 18.6. The predicted octanol–water partition coefficient (Wildman–Crippen LogP) is 5.69. The number of carbonyl (C=O) groups excluding carboxylic acids is 1. The second-order valence-corrected chi connectivity index (χ2v) is 8.04. The minimum Gasteiger partial charge on any atom is -0.494 e. The highest BCUT2D eigenvalue weighted by atomic mass is 16.5. The summed E-state index contributed by atoms with van der Waals surface area (Å²) in [5, 5.41) is 3.11. The molecule has 1 unspecified atom stereocenters. The molecule has 164 valence electrons. The van der Waals surface area contributed by atoms with Crippen molar-refractivity contribution < 1.29 is 9.53 Å². The number of ether oxygens (including phenoxy) is 1. The summed E-state index contributed by atoms with van der Waals surface area (Å²) in [7, 11) is 0. The van der Waals surface area contributed by atoms with E-state index in [9.17, 15) is 4.79 Å². The van der Waals surface area contributed by atoms with Crippen LogP contribution in [0.5, 0.6) is 5.75 Å². The summed E-state index contributed by atoms with van der Waals surface area (Å²) in [6.45, 7) is 5.49. The van der Waals surface area contributed by atoms with E-state index in [0.717, 1.165) is 47.6 Å². The van der Waals surface area contributed by atoms with Crippen LogP contribution in [0.4, 0.5) is 0 Å². The molecular formula is C27H29N3O2. The van der Waals surface area contributed by atoms with Gasteiger partial charge < -0.3 is 14.6 Å². The van der Waals surface area contributed by atoms with E-state index < -0.39 is 0 Å². The molecule has 4 rings (SSSR count). The molecule has 5 heteroatoms. The third kappa shape index (κ3) is 5.17. The number of nitrogens with zero attached hydrogens (tertiary/aromatic N) is 2. The number of hydrogen-bond acceptors (Lipinski definition) is 3. The lowest BCUT2D eigenvalue weighted by atomic mass is 10.1. The van der Waals surface area contributed by atoms with E-state index in [1.165, 1.54) is 0 Å². The molecule has 0 aliphatic rings. The second kappa shape index (κ2) is 10.1. The number of aryl methyl sites for hydroxylation is 2. The van der Waals surface area contributed by atoms with Gasteiger partial charge in [-0.15, -0.1) is 0 Å². The average molecular weight is 428 g/mol. The van der Waals surface area contributed by atoms with Gasteiger partial charge in [0.1, 0.15) is 11.6 Å². The van der Waals surface area contributed by atoms with Crippen LogP contribution in [-0.4, -0.2) is 22.1 Å². The molecule has 0 radical (unpaired) electrons. The molecular weight excluding hydrogens is 398 g/mol. The fraction of sp³-hybridized carbons (Fsp3) is 0.259. The summed E-state index contributed by atoms with van der Waals surface area (Å²) in [6, 6.07) is 25.4. The molecule has 1 aromatic heterocycles. The van der Waals surface area contributed by atoms with Gasteiger partial charge in [0.2, 0.25) is 0 Å². The highest BCUT2D eigenvalue weighted by Gasteiger charge is 2.19. The lowest BCUT2D eigenvalue weighted by Gasteiger charge is -2.17. The number of aromatic nitrogens is 2. The Bertz CT molecular complexity index is 1170. The van der Waals surface area contributed by atoms with Crippen molar-refractivity contribution in [2.45, 2.75) is 39.3 Å². The molecule has 1 heterocycles. The average Bonchev–Trinajstić information content (AvgIpc) is 3.19. The Kier molecular flexibility index (Phi) is 6.85. The van der Waals surface area contributed by atoms with E-state index in [1.807, 2.05) is 86.6 Å². The number of imidazole rings is 1. The van der Waals surface area contributed by atoms with Gasteiger partial charge in [0, 0.05) is 12.1 Å². The van der Waals surface area contributed by atoms with E-state index in [4.69, 9.17) is 9.72 Å². The number of rotatable bonds is 9. The number of benzene rings is 3. The van der Waals surface area contributed by atoms with Gasteiger partial charge in [-0.3, -0.25) is 4.79 Å². The molecule has 0 saturated heterocycles. The number of hydrogen-bond donors (Lipinski definition) is 1. The Labute approximate surface area is 189 Å². The minimum absolute atomic E-state index is 0.0904. The van der Waals surface area contributed by atoms with E-state index in [0.29, 0.717) is 12.2 Å². The molecule has 0 spiro atoms. The Morgan fingerprint density at radius 2 is 1.69 bits per heavy atom. The molecule has 3 aromatic carbocycles. The lowest BCUT2D eigenvalue weighted by Crippen LogP contribution is -2.28. The summed E-state index contributed by atoms with van der Waals surface area (Å²) < 4.78 is 8.04. The van der Waals surface area contributed by atoms with Crippen LogP contribution in [0.15, 0.2) is 78.9 Å². The molecule has 1 N–H and O–H groups in total. The van der Waals surface area contributed by atoms with Gasteiger partial charge >= 0.3 is 0 Å². The monoisotopic (exact) mass is 427 g/mol. The maximum absolute atomic E-state index is 12.7. The second-order valence-electron chi connectivity index (χ2n) is 8.04. The number of amides is 1. The number of fused-ring (bicyclic) bond motifs is 1. The standard InChI is InChI=1S/C27H29N3O2/c1-20-14-16-22(17-15-20)27(31)28-21(2)26-29-24-12-6-7-13-25(24)30(26)18-8-9-19-32-23-10-4-3-5-11-23/h3-7,10-17,21H,8-9,18-19H2,1-2H3,(H,28,31). The van der Waals surface area contributed by atoms with Crippen LogP contribution >= 0.6 is 0 Å². The molecule has 32 heavy (non-hydrogen) atoms. The number of unbranched alkanes of at least 4 members (excludes halogenated alkanes) is 1. The molecule has 5 nitrogen and oxygen atoms in total. The van der Waals surface area contributed by atoms with E-state index in [-0.39, 0.29) is 11.9 Å². The molecule has 1 atom stereocenters. The largest absolute Gasteiger partial charge is 0.494 e. The summed E-state index contributed by atoms with van der Waals surface area (Å²) in [5.41, 5.74) is 3.82. The zero-order valence-corrected chi connectivity index (χ0v) is 18.6. The summed E-state index contributed by atoms with van der Waals surface area (Å²) in [5.74, 6) is 1.68. The maximum Gasteiger partial charge on any atom is 0.251 e. The first-order valence-electron chi connectivity index (χ1n) is 11.1. The number of carbonyl (C=O) groups is 1. The highest BCUT2D eigenvalue weighted by Crippen LogP contribution is 2.22. The van der Waals surface area contributed by atoms with Crippen molar-refractivity contribution in [3.05, 3.63) is 95.8 Å². The first-order valence-corrected chi connectivity index (χ1v) is 11.1. The van der Waals surface area contributed by atoms with Crippen LogP contribution in [0.2, 0.25) is 0 Å². The summed E-state index contributed by atoms with van der Waals surface area (Å²) >= 11 is 0. The Hall–Kier alpha value is -3.60. The van der Waals surface area contributed by atoms with Gasteiger partial charge in [-0.2, -0.15) is 0 Å². The van der Waals surface area contributed by atoms with Crippen LogP contribution in [0, 0.1) is 6.92 Å². The van der Waals surface area contributed by atoms with Crippen LogP contribution in [0.3, 0.4) is 0 Å². The topological polar surface area (TPSA) is 56.2 Å².